The number of aryl methyl sites for hydroxylation is 1. The van der Waals surface area contributed by atoms with E-state index in [1.54, 1.807) is 23.5 Å². The van der Waals surface area contributed by atoms with E-state index in [2.05, 4.69) is 15.3 Å². The summed E-state index contributed by atoms with van der Waals surface area (Å²) in [5.74, 6) is 0.0510. The Kier molecular flexibility index (Phi) is 2.91. The van der Waals surface area contributed by atoms with Gasteiger partial charge in [-0.05, 0) is 19.1 Å². The van der Waals surface area contributed by atoms with Crippen molar-refractivity contribution < 1.29 is 4.39 Å². The van der Waals surface area contributed by atoms with E-state index in [1.165, 1.54) is 6.07 Å². The molecule has 0 amide bonds. The number of rotatable bonds is 3. The van der Waals surface area contributed by atoms with Gasteiger partial charge in [-0.2, -0.15) is 4.39 Å². The van der Waals surface area contributed by atoms with Crippen LogP contribution >= 0.6 is 11.3 Å². The summed E-state index contributed by atoms with van der Waals surface area (Å²) in [7, 11) is 0. The predicted octanol–water partition coefficient (Wildman–Crippen LogP) is 2.60. The second-order valence-corrected chi connectivity index (χ2v) is 4.12. The number of nitrogens with one attached hydrogen (secondary N) is 1. The molecular weight excluding hydrogens is 213 g/mol. The number of hydrogen-bond acceptors (Lipinski definition) is 4. The van der Waals surface area contributed by atoms with E-state index in [-0.39, 0.29) is 0 Å². The first-order valence-corrected chi connectivity index (χ1v) is 5.39. The Morgan fingerprint density at radius 3 is 2.93 bits per heavy atom. The summed E-state index contributed by atoms with van der Waals surface area (Å²) in [4.78, 5) is 7.98. The Bertz CT molecular complexity index is 455. The van der Waals surface area contributed by atoms with Gasteiger partial charge in [0, 0.05) is 5.38 Å². The summed E-state index contributed by atoms with van der Waals surface area (Å²) in [6.07, 6.45) is 0. The molecular formula is C10H10FN3S. The van der Waals surface area contributed by atoms with E-state index in [0.717, 1.165) is 10.7 Å². The molecule has 0 radical (unpaired) electrons. The SMILES string of the molecule is Cc1nc(CNc2cccc(F)n2)cs1. The highest BCUT2D eigenvalue weighted by Crippen LogP contribution is 2.10. The van der Waals surface area contributed by atoms with Gasteiger partial charge >= 0.3 is 0 Å². The summed E-state index contributed by atoms with van der Waals surface area (Å²) in [5.41, 5.74) is 0.948. The van der Waals surface area contributed by atoms with Crippen LogP contribution in [0, 0.1) is 12.9 Å². The summed E-state index contributed by atoms with van der Waals surface area (Å²) in [6, 6.07) is 4.66. The lowest BCUT2D eigenvalue weighted by Gasteiger charge is -2.02. The number of hydrogen-bond donors (Lipinski definition) is 1. The van der Waals surface area contributed by atoms with E-state index in [9.17, 15) is 4.39 Å². The van der Waals surface area contributed by atoms with Crippen LogP contribution < -0.4 is 5.32 Å². The largest absolute Gasteiger partial charge is 0.364 e. The van der Waals surface area contributed by atoms with E-state index in [1.807, 2.05) is 12.3 Å². The third-order valence-electron chi connectivity index (χ3n) is 1.83. The molecule has 0 atom stereocenters. The van der Waals surface area contributed by atoms with Gasteiger partial charge in [0.05, 0.1) is 17.2 Å². The summed E-state index contributed by atoms with van der Waals surface area (Å²) in [6.45, 7) is 2.52. The van der Waals surface area contributed by atoms with Gasteiger partial charge < -0.3 is 5.32 Å². The number of aromatic nitrogens is 2. The molecule has 3 nitrogen and oxygen atoms in total. The normalized spacial score (nSPS) is 10.3. The first-order valence-electron chi connectivity index (χ1n) is 4.51. The highest BCUT2D eigenvalue weighted by atomic mass is 32.1. The Morgan fingerprint density at radius 1 is 1.40 bits per heavy atom. The van der Waals surface area contributed by atoms with E-state index < -0.39 is 5.95 Å². The van der Waals surface area contributed by atoms with Crippen molar-refractivity contribution in [3.05, 3.63) is 40.2 Å². The standard InChI is InChI=1S/C10H10FN3S/c1-7-13-8(6-15-7)5-12-10-4-2-3-9(11)14-10/h2-4,6H,5H2,1H3,(H,12,14). The number of anilines is 1. The molecule has 0 aromatic carbocycles. The van der Waals surface area contributed by atoms with Crippen LogP contribution in [0.3, 0.4) is 0 Å². The maximum absolute atomic E-state index is 12.7. The zero-order valence-electron chi connectivity index (χ0n) is 8.20. The summed E-state index contributed by atoms with van der Waals surface area (Å²) in [5, 5.41) is 6.01. The fraction of sp³-hybridized carbons (Fsp3) is 0.200. The molecule has 0 bridgehead atoms. The predicted molar refractivity (Wildman–Crippen MR) is 58.4 cm³/mol. The highest BCUT2D eigenvalue weighted by molar-refractivity contribution is 7.09. The summed E-state index contributed by atoms with van der Waals surface area (Å²) < 4.78 is 12.7. The zero-order chi connectivity index (χ0) is 10.7. The van der Waals surface area contributed by atoms with Crippen molar-refractivity contribution in [1.82, 2.24) is 9.97 Å². The summed E-state index contributed by atoms with van der Waals surface area (Å²) >= 11 is 1.60. The molecule has 0 saturated heterocycles. The van der Waals surface area contributed by atoms with Crippen LogP contribution in [0.25, 0.3) is 0 Å². The molecule has 78 valence electrons. The first kappa shape index (κ1) is 10.0. The molecule has 0 saturated carbocycles. The number of nitrogens with zero attached hydrogens (tertiary/aromatic N) is 2. The second-order valence-electron chi connectivity index (χ2n) is 3.06. The molecule has 0 spiro atoms. The average molecular weight is 223 g/mol. The van der Waals surface area contributed by atoms with E-state index >= 15 is 0 Å². The van der Waals surface area contributed by atoms with Crippen molar-refractivity contribution in [1.29, 1.82) is 0 Å². The third-order valence-corrected chi connectivity index (χ3v) is 2.65. The van der Waals surface area contributed by atoms with Crippen molar-refractivity contribution in [3.63, 3.8) is 0 Å². The van der Waals surface area contributed by atoms with Crippen molar-refractivity contribution in [3.8, 4) is 0 Å². The Balaban J connectivity index is 1.99. The molecule has 2 aromatic rings. The number of halogens is 1. The fourth-order valence-electron chi connectivity index (χ4n) is 1.18. The molecule has 0 aliphatic rings. The van der Waals surface area contributed by atoms with Crippen molar-refractivity contribution >= 4 is 17.2 Å². The first-order chi connectivity index (χ1) is 7.24. The molecule has 0 unspecified atom stereocenters. The van der Waals surface area contributed by atoms with Crippen LogP contribution in [0.1, 0.15) is 10.7 Å². The molecule has 1 N–H and O–H groups in total. The van der Waals surface area contributed by atoms with Crippen LogP contribution in [0.15, 0.2) is 23.6 Å². The molecule has 15 heavy (non-hydrogen) atoms. The van der Waals surface area contributed by atoms with Gasteiger partial charge in [-0.3, -0.25) is 0 Å². The average Bonchev–Trinajstić information content (AvgIpc) is 2.62. The fourth-order valence-corrected chi connectivity index (χ4v) is 1.79. The van der Waals surface area contributed by atoms with Crippen LogP contribution in [0.5, 0.6) is 0 Å². The molecule has 0 aliphatic carbocycles. The van der Waals surface area contributed by atoms with Crippen LogP contribution in [-0.4, -0.2) is 9.97 Å². The second kappa shape index (κ2) is 4.35. The number of pyridine rings is 1. The van der Waals surface area contributed by atoms with Crippen molar-refractivity contribution in [2.75, 3.05) is 5.32 Å². The van der Waals surface area contributed by atoms with Crippen LogP contribution in [0.2, 0.25) is 0 Å². The molecule has 5 heteroatoms. The third kappa shape index (κ3) is 2.73. The smallest absolute Gasteiger partial charge is 0.214 e. The lowest BCUT2D eigenvalue weighted by Crippen LogP contribution is -2.02. The molecule has 2 heterocycles. The van der Waals surface area contributed by atoms with Gasteiger partial charge in [0.1, 0.15) is 5.82 Å². The van der Waals surface area contributed by atoms with E-state index in [4.69, 9.17) is 0 Å². The topological polar surface area (TPSA) is 37.8 Å². The maximum atomic E-state index is 12.7. The molecule has 2 rings (SSSR count). The van der Waals surface area contributed by atoms with Gasteiger partial charge in [0.2, 0.25) is 5.95 Å². The maximum Gasteiger partial charge on any atom is 0.214 e. The molecule has 0 fully saturated rings. The quantitative estimate of drug-likeness (QED) is 0.813. The van der Waals surface area contributed by atoms with Gasteiger partial charge in [-0.1, -0.05) is 6.07 Å². The van der Waals surface area contributed by atoms with Crippen LogP contribution in [-0.2, 0) is 6.54 Å². The highest BCUT2D eigenvalue weighted by Gasteiger charge is 1.99. The van der Waals surface area contributed by atoms with Crippen LogP contribution in [0.4, 0.5) is 10.2 Å². The zero-order valence-corrected chi connectivity index (χ0v) is 9.01. The van der Waals surface area contributed by atoms with Crippen molar-refractivity contribution in [2.45, 2.75) is 13.5 Å². The Labute approximate surface area is 91.0 Å². The Hall–Kier alpha value is -1.49. The lowest BCUT2D eigenvalue weighted by molar-refractivity contribution is 0.585. The Morgan fingerprint density at radius 2 is 2.27 bits per heavy atom. The van der Waals surface area contributed by atoms with Gasteiger partial charge in [0.15, 0.2) is 0 Å². The van der Waals surface area contributed by atoms with Gasteiger partial charge in [-0.15, -0.1) is 11.3 Å². The minimum Gasteiger partial charge on any atom is -0.364 e. The van der Waals surface area contributed by atoms with E-state index in [0.29, 0.717) is 12.4 Å². The monoisotopic (exact) mass is 223 g/mol. The minimum atomic E-state index is -0.477. The lowest BCUT2D eigenvalue weighted by atomic mass is 10.4. The molecule has 2 aromatic heterocycles. The molecule has 0 aliphatic heterocycles. The van der Waals surface area contributed by atoms with Crippen molar-refractivity contribution in [2.24, 2.45) is 0 Å². The minimum absolute atomic E-state index is 0.477. The van der Waals surface area contributed by atoms with Gasteiger partial charge in [-0.25, -0.2) is 9.97 Å². The number of thiazole rings is 1. The van der Waals surface area contributed by atoms with Gasteiger partial charge in [0.25, 0.3) is 0 Å².